The van der Waals surface area contributed by atoms with Gasteiger partial charge in [-0.1, -0.05) is 23.7 Å². The van der Waals surface area contributed by atoms with Gasteiger partial charge in [-0.15, -0.1) is 0 Å². The van der Waals surface area contributed by atoms with Crippen molar-refractivity contribution in [3.05, 3.63) is 88.3 Å². The van der Waals surface area contributed by atoms with E-state index in [-0.39, 0.29) is 17.6 Å². The van der Waals surface area contributed by atoms with Crippen LogP contribution in [0.3, 0.4) is 0 Å². The molecule has 11 heteroatoms. The fourth-order valence-electron chi connectivity index (χ4n) is 3.63. The van der Waals surface area contributed by atoms with Gasteiger partial charge in [-0.25, -0.2) is 4.98 Å². The minimum atomic E-state index is -4.53. The van der Waals surface area contributed by atoms with E-state index in [0.717, 1.165) is 17.7 Å². The molecule has 2 unspecified atom stereocenters. The van der Waals surface area contributed by atoms with E-state index in [2.05, 4.69) is 15.3 Å². The third-order valence-corrected chi connectivity index (χ3v) is 6.03. The second kappa shape index (κ2) is 11.2. The number of nitrogens with zero attached hydrogens (tertiary/aromatic N) is 2. The van der Waals surface area contributed by atoms with Crippen molar-refractivity contribution in [1.82, 2.24) is 15.3 Å². The van der Waals surface area contributed by atoms with E-state index in [1.54, 1.807) is 30.5 Å². The Hall–Kier alpha value is -3.66. The molecule has 0 fully saturated rings. The third kappa shape index (κ3) is 7.42. The zero-order chi connectivity index (χ0) is 27.4. The van der Waals surface area contributed by atoms with E-state index in [0.29, 0.717) is 28.9 Å². The highest BCUT2D eigenvalue weighted by atomic mass is 35.5. The van der Waals surface area contributed by atoms with Crippen molar-refractivity contribution in [2.24, 2.45) is 5.73 Å². The minimum absolute atomic E-state index is 0.107. The molecule has 196 valence electrons. The molecule has 7 nitrogen and oxygen atoms in total. The first-order valence-electron chi connectivity index (χ1n) is 11.3. The Balaban J connectivity index is 1.81. The van der Waals surface area contributed by atoms with E-state index in [1.807, 2.05) is 19.1 Å². The lowest BCUT2D eigenvalue weighted by Crippen LogP contribution is -2.51. The van der Waals surface area contributed by atoms with Gasteiger partial charge in [-0.3, -0.25) is 15.2 Å². The largest absolute Gasteiger partial charge is 0.462 e. The van der Waals surface area contributed by atoms with Gasteiger partial charge in [0.1, 0.15) is 5.84 Å². The van der Waals surface area contributed by atoms with E-state index < -0.39 is 29.3 Å². The molecule has 0 radical (unpaired) electrons. The molecule has 2 heterocycles. The van der Waals surface area contributed by atoms with Gasteiger partial charge in [0.15, 0.2) is 5.60 Å². The van der Waals surface area contributed by atoms with Crippen LogP contribution < -0.4 is 15.8 Å². The number of rotatable bonds is 9. The Bertz CT molecular complexity index is 1250. The number of aromatic nitrogens is 2. The molecule has 1 amide bonds. The van der Waals surface area contributed by atoms with Crippen LogP contribution in [0.5, 0.6) is 5.88 Å². The van der Waals surface area contributed by atoms with Crippen LogP contribution in [-0.2, 0) is 17.4 Å². The van der Waals surface area contributed by atoms with Crippen LogP contribution in [0.4, 0.5) is 13.2 Å². The van der Waals surface area contributed by atoms with Gasteiger partial charge >= 0.3 is 6.18 Å². The Morgan fingerprint density at radius 2 is 1.81 bits per heavy atom. The van der Waals surface area contributed by atoms with Crippen molar-refractivity contribution >= 4 is 23.3 Å². The summed E-state index contributed by atoms with van der Waals surface area (Å²) in [6.07, 6.45) is -1.82. The van der Waals surface area contributed by atoms with Crippen molar-refractivity contribution in [3.8, 4) is 5.88 Å². The molecule has 2 atom stereocenters. The lowest BCUT2D eigenvalue weighted by molar-refractivity contribution is -0.138. The van der Waals surface area contributed by atoms with E-state index in [9.17, 15) is 18.0 Å². The molecule has 2 aromatic heterocycles. The van der Waals surface area contributed by atoms with Crippen LogP contribution in [0.2, 0.25) is 5.02 Å². The van der Waals surface area contributed by atoms with E-state index in [1.165, 1.54) is 13.8 Å². The summed E-state index contributed by atoms with van der Waals surface area (Å²) in [5.74, 6) is -1.03. The first-order valence-corrected chi connectivity index (χ1v) is 11.7. The second-order valence-electron chi connectivity index (χ2n) is 9.08. The number of amides is 1. The molecule has 3 aromatic rings. The minimum Gasteiger partial charge on any atom is -0.462 e. The number of amidine groups is 1. The van der Waals surface area contributed by atoms with Crippen molar-refractivity contribution in [2.45, 2.75) is 50.9 Å². The average Bonchev–Trinajstić information content (AvgIpc) is 2.83. The monoisotopic (exact) mass is 533 g/mol. The van der Waals surface area contributed by atoms with Crippen LogP contribution in [0.15, 0.2) is 60.9 Å². The second-order valence-corrected chi connectivity index (χ2v) is 9.51. The van der Waals surface area contributed by atoms with Crippen LogP contribution in [0.1, 0.15) is 49.1 Å². The molecule has 0 aliphatic carbocycles. The number of benzene rings is 1. The maximum atomic E-state index is 13.2. The Labute approximate surface area is 217 Å². The quantitative estimate of drug-likeness (QED) is 0.261. The van der Waals surface area contributed by atoms with Crippen LogP contribution in [-0.4, -0.2) is 33.4 Å². The SMILES string of the molecule is CC(NC(=O)C(C)(C)Oc1ccc(C(F)(F)F)cn1)C(Cc1ccc(Cl)cc1)c1cc(C(=N)N)ccn1. The summed E-state index contributed by atoms with van der Waals surface area (Å²) >= 11 is 6.02. The number of carbonyl (C=O) groups excluding carboxylic acids is 1. The molecule has 0 aliphatic heterocycles. The first-order chi connectivity index (χ1) is 17.3. The number of hydrogen-bond acceptors (Lipinski definition) is 5. The fourth-order valence-corrected chi connectivity index (χ4v) is 3.75. The number of alkyl halides is 3. The van der Waals surface area contributed by atoms with Gasteiger partial charge < -0.3 is 15.8 Å². The molecular weight excluding hydrogens is 507 g/mol. The van der Waals surface area contributed by atoms with Crippen molar-refractivity contribution in [1.29, 1.82) is 5.41 Å². The summed E-state index contributed by atoms with van der Waals surface area (Å²) in [5, 5.41) is 11.3. The Morgan fingerprint density at radius 1 is 1.14 bits per heavy atom. The normalized spacial score (nSPS) is 13.5. The van der Waals surface area contributed by atoms with Crippen LogP contribution in [0.25, 0.3) is 0 Å². The van der Waals surface area contributed by atoms with Gasteiger partial charge in [0.05, 0.1) is 5.56 Å². The summed E-state index contributed by atoms with van der Waals surface area (Å²) in [6.45, 7) is 4.81. The number of pyridine rings is 2. The standard InChI is InChI=1S/C26H27ClF3N5O2/c1-15(35-24(36)25(2,3)37-22-9-6-18(14-34-22)26(28,29)30)20(12-16-4-7-19(27)8-5-16)21-13-17(23(31)32)10-11-33-21/h4-11,13-15,20H,12H2,1-3H3,(H3,31,32)(H,35,36). The van der Waals surface area contributed by atoms with Crippen molar-refractivity contribution in [3.63, 3.8) is 0 Å². The molecule has 0 saturated carbocycles. The average molecular weight is 534 g/mol. The molecule has 0 bridgehead atoms. The Kier molecular flexibility index (Phi) is 8.42. The predicted octanol–water partition coefficient (Wildman–Crippen LogP) is 5.12. The first kappa shape index (κ1) is 27.9. The molecule has 1 aromatic carbocycles. The fraction of sp³-hybridized carbons (Fsp3) is 0.308. The van der Waals surface area contributed by atoms with Gasteiger partial charge in [0.25, 0.3) is 5.91 Å². The zero-order valence-corrected chi connectivity index (χ0v) is 21.2. The van der Waals surface area contributed by atoms with Gasteiger partial charge in [-0.2, -0.15) is 13.2 Å². The van der Waals surface area contributed by atoms with Crippen LogP contribution >= 0.6 is 11.6 Å². The van der Waals surface area contributed by atoms with E-state index >= 15 is 0 Å². The highest BCUT2D eigenvalue weighted by Gasteiger charge is 2.35. The number of hydrogen-bond donors (Lipinski definition) is 3. The molecule has 0 aliphatic rings. The number of nitrogens with two attached hydrogens (primary N) is 1. The smallest absolute Gasteiger partial charge is 0.417 e. The number of halogens is 4. The topological polar surface area (TPSA) is 114 Å². The van der Waals surface area contributed by atoms with Gasteiger partial charge in [0.2, 0.25) is 5.88 Å². The van der Waals surface area contributed by atoms with Gasteiger partial charge in [-0.05, 0) is 63.1 Å². The predicted molar refractivity (Wildman–Crippen MR) is 135 cm³/mol. The molecule has 4 N–H and O–H groups in total. The van der Waals surface area contributed by atoms with Crippen molar-refractivity contribution in [2.75, 3.05) is 0 Å². The lowest BCUT2D eigenvalue weighted by atomic mass is 9.88. The van der Waals surface area contributed by atoms with Crippen LogP contribution in [0, 0.1) is 5.41 Å². The summed E-state index contributed by atoms with van der Waals surface area (Å²) in [7, 11) is 0. The summed E-state index contributed by atoms with van der Waals surface area (Å²) in [5.41, 5.74) is 5.38. The zero-order valence-electron chi connectivity index (χ0n) is 20.4. The summed E-state index contributed by atoms with van der Waals surface area (Å²) in [6, 6.07) is 12.1. The number of carbonyl (C=O) groups is 1. The molecule has 37 heavy (non-hydrogen) atoms. The lowest BCUT2D eigenvalue weighted by Gasteiger charge is -2.30. The molecule has 0 spiro atoms. The molecule has 0 saturated heterocycles. The highest BCUT2D eigenvalue weighted by molar-refractivity contribution is 6.30. The highest BCUT2D eigenvalue weighted by Crippen LogP contribution is 2.30. The Morgan fingerprint density at radius 3 is 2.38 bits per heavy atom. The summed E-state index contributed by atoms with van der Waals surface area (Å²) in [4.78, 5) is 21.3. The third-order valence-electron chi connectivity index (χ3n) is 5.77. The number of nitrogen functional groups attached to an aromatic ring is 1. The maximum Gasteiger partial charge on any atom is 0.417 e. The summed E-state index contributed by atoms with van der Waals surface area (Å²) < 4.78 is 44.1. The molecule has 3 rings (SSSR count). The van der Waals surface area contributed by atoms with Gasteiger partial charge in [0, 0.05) is 46.7 Å². The van der Waals surface area contributed by atoms with Crippen molar-refractivity contribution < 1.29 is 22.7 Å². The maximum absolute atomic E-state index is 13.2. The van der Waals surface area contributed by atoms with E-state index in [4.69, 9.17) is 27.5 Å². The number of nitrogens with one attached hydrogen (secondary N) is 2. The number of ether oxygens (including phenoxy) is 1. The molecular formula is C26H27ClF3N5O2.